The molecule has 9 nitrogen and oxygen atoms in total. The molecule has 0 aliphatic heterocycles. The quantitative estimate of drug-likeness (QED) is 0.573. The summed E-state index contributed by atoms with van der Waals surface area (Å²) in [6.45, 7) is 0. The smallest absolute Gasteiger partial charge is 0.280 e. The number of hydrogen-bond donors (Lipinski definition) is 3. The molecule has 0 bridgehead atoms. The maximum absolute atomic E-state index is 12.3. The number of nitrogens with one attached hydrogen (secondary N) is 1. The molecule has 26 heavy (non-hydrogen) atoms. The Morgan fingerprint density at radius 1 is 1.12 bits per heavy atom. The zero-order chi connectivity index (χ0) is 18.7. The third-order valence-electron chi connectivity index (χ3n) is 3.31. The Hall–Kier alpha value is -3.58. The molecule has 0 atom stereocenters. The molecule has 5 N–H and O–H groups in total. The molecule has 10 heteroatoms. The van der Waals surface area contributed by atoms with Crippen LogP contribution in [0.2, 0.25) is 0 Å². The molecule has 0 amide bonds. The summed E-state index contributed by atoms with van der Waals surface area (Å²) in [5.41, 5.74) is 12.7. The van der Waals surface area contributed by atoms with Gasteiger partial charge < -0.3 is 16.0 Å². The molecule has 132 valence electrons. The van der Waals surface area contributed by atoms with E-state index < -0.39 is 10.0 Å². The van der Waals surface area contributed by atoms with Gasteiger partial charge in [-0.2, -0.15) is 8.42 Å². The van der Waals surface area contributed by atoms with Crippen LogP contribution >= 0.6 is 0 Å². The van der Waals surface area contributed by atoms with Crippen molar-refractivity contribution in [3.05, 3.63) is 54.2 Å². The zero-order valence-corrected chi connectivity index (χ0v) is 14.5. The van der Waals surface area contributed by atoms with Crippen LogP contribution in [-0.4, -0.2) is 27.9 Å². The molecule has 0 saturated heterocycles. The number of nitrogens with two attached hydrogens (primary N) is 2. The normalized spacial score (nSPS) is 10.8. The van der Waals surface area contributed by atoms with Crippen molar-refractivity contribution >= 4 is 27.3 Å². The summed E-state index contributed by atoms with van der Waals surface area (Å²) >= 11 is 0. The van der Waals surface area contributed by atoms with Gasteiger partial charge in [-0.15, -0.1) is 0 Å². The lowest BCUT2D eigenvalue weighted by Gasteiger charge is -2.06. The van der Waals surface area contributed by atoms with Crippen molar-refractivity contribution in [2.45, 2.75) is 5.03 Å². The van der Waals surface area contributed by atoms with E-state index in [0.29, 0.717) is 16.8 Å². The highest BCUT2D eigenvalue weighted by molar-refractivity contribution is 7.92. The first kappa shape index (κ1) is 17.2. The highest BCUT2D eigenvalue weighted by atomic mass is 32.2. The van der Waals surface area contributed by atoms with Gasteiger partial charge in [-0.25, -0.2) is 15.0 Å². The van der Waals surface area contributed by atoms with E-state index in [1.54, 1.807) is 35.9 Å². The van der Waals surface area contributed by atoms with Gasteiger partial charge in [-0.3, -0.25) is 4.72 Å². The number of aromatic nitrogens is 4. The van der Waals surface area contributed by atoms with Gasteiger partial charge in [0.15, 0.2) is 5.03 Å². The molecule has 0 saturated carbocycles. The van der Waals surface area contributed by atoms with E-state index in [1.165, 1.54) is 18.9 Å². The first-order valence-corrected chi connectivity index (χ1v) is 8.82. The van der Waals surface area contributed by atoms with Crippen molar-refractivity contribution < 1.29 is 8.42 Å². The van der Waals surface area contributed by atoms with Crippen LogP contribution in [-0.2, 0) is 17.1 Å². The average molecular weight is 369 g/mol. The maximum atomic E-state index is 12.3. The van der Waals surface area contributed by atoms with Gasteiger partial charge in [0.1, 0.15) is 23.5 Å². The highest BCUT2D eigenvalue weighted by Crippen LogP contribution is 2.16. The van der Waals surface area contributed by atoms with Crippen LogP contribution in [0.4, 0.5) is 17.3 Å². The summed E-state index contributed by atoms with van der Waals surface area (Å²) < 4.78 is 28.7. The number of sulfonamides is 1. The molecule has 2 heterocycles. The Balaban J connectivity index is 1.87. The summed E-state index contributed by atoms with van der Waals surface area (Å²) in [7, 11) is -2.09. The van der Waals surface area contributed by atoms with E-state index in [-0.39, 0.29) is 16.7 Å². The topological polar surface area (TPSA) is 142 Å². The zero-order valence-electron chi connectivity index (χ0n) is 13.7. The monoisotopic (exact) mass is 369 g/mol. The van der Waals surface area contributed by atoms with Crippen LogP contribution in [0, 0.1) is 11.8 Å². The number of nitrogens with zero attached hydrogens (tertiary/aromatic N) is 4. The number of rotatable bonds is 3. The predicted molar refractivity (Wildman–Crippen MR) is 97.3 cm³/mol. The van der Waals surface area contributed by atoms with Crippen LogP contribution < -0.4 is 16.2 Å². The summed E-state index contributed by atoms with van der Waals surface area (Å²) in [6, 6.07) is 6.60. The lowest BCUT2D eigenvalue weighted by Crippen LogP contribution is -2.13. The van der Waals surface area contributed by atoms with E-state index in [0.717, 1.165) is 0 Å². The third kappa shape index (κ3) is 3.73. The minimum Gasteiger partial charge on any atom is -0.382 e. The maximum Gasteiger partial charge on any atom is 0.280 e. The van der Waals surface area contributed by atoms with Crippen molar-refractivity contribution in [3.8, 4) is 11.8 Å². The van der Waals surface area contributed by atoms with Gasteiger partial charge in [0.25, 0.3) is 10.0 Å². The van der Waals surface area contributed by atoms with Crippen molar-refractivity contribution in [2.75, 3.05) is 16.2 Å². The molecule has 3 rings (SSSR count). The standard InChI is InChI=1S/C16H15N7O2S/c1-23-8-14(21-10-23)26(24,25)22-12-4-2-3-11(7-12)5-6-13-15(17)19-9-20-16(13)18/h2-4,7-10,22H,1H3,(H4,17,18,19,20). The molecule has 0 aliphatic rings. The first-order valence-electron chi connectivity index (χ1n) is 7.34. The Bertz CT molecular complexity index is 1110. The van der Waals surface area contributed by atoms with E-state index in [1.807, 2.05) is 0 Å². The molecule has 2 aromatic heterocycles. The fourth-order valence-electron chi connectivity index (χ4n) is 2.07. The summed E-state index contributed by atoms with van der Waals surface area (Å²) in [5.74, 6) is 6.03. The number of benzene rings is 1. The van der Waals surface area contributed by atoms with E-state index >= 15 is 0 Å². The molecular weight excluding hydrogens is 354 g/mol. The van der Waals surface area contributed by atoms with Crippen molar-refractivity contribution in [2.24, 2.45) is 7.05 Å². The third-order valence-corrected chi connectivity index (χ3v) is 4.57. The van der Waals surface area contributed by atoms with Crippen LogP contribution in [0.5, 0.6) is 0 Å². The fraction of sp³-hybridized carbons (Fsp3) is 0.0625. The Kier molecular flexibility index (Phi) is 4.47. The predicted octanol–water partition coefficient (Wildman–Crippen LogP) is 0.575. The minimum absolute atomic E-state index is 0.0709. The van der Waals surface area contributed by atoms with Gasteiger partial charge >= 0.3 is 0 Å². The lowest BCUT2D eigenvalue weighted by molar-refractivity contribution is 0.598. The van der Waals surface area contributed by atoms with Crippen molar-refractivity contribution in [1.29, 1.82) is 0 Å². The Labute approximate surface area is 150 Å². The molecule has 0 aliphatic carbocycles. The van der Waals surface area contributed by atoms with Gasteiger partial charge in [0.05, 0.1) is 12.0 Å². The highest BCUT2D eigenvalue weighted by Gasteiger charge is 2.17. The van der Waals surface area contributed by atoms with Crippen molar-refractivity contribution in [1.82, 2.24) is 19.5 Å². The second-order valence-corrected chi connectivity index (χ2v) is 6.96. The van der Waals surface area contributed by atoms with E-state index in [9.17, 15) is 8.42 Å². The summed E-state index contributed by atoms with van der Waals surface area (Å²) in [6.07, 6.45) is 4.07. The lowest BCUT2D eigenvalue weighted by atomic mass is 10.2. The van der Waals surface area contributed by atoms with Gasteiger partial charge in [0, 0.05) is 18.8 Å². The number of hydrogen-bond acceptors (Lipinski definition) is 7. The molecule has 3 aromatic rings. The molecule has 0 spiro atoms. The molecule has 0 fully saturated rings. The minimum atomic E-state index is -3.78. The van der Waals surface area contributed by atoms with Gasteiger partial charge in [0.2, 0.25) is 0 Å². The molecule has 1 aromatic carbocycles. The second kappa shape index (κ2) is 6.73. The molecular formula is C16H15N7O2S. The SMILES string of the molecule is Cn1cnc(S(=O)(=O)Nc2cccc(C#Cc3c(N)ncnc3N)c2)c1. The number of imidazole rings is 1. The molecule has 0 unspecified atom stereocenters. The fourth-order valence-corrected chi connectivity index (χ4v) is 3.10. The first-order chi connectivity index (χ1) is 12.3. The number of nitrogen functional groups attached to an aromatic ring is 2. The molecule has 0 radical (unpaired) electrons. The van der Waals surface area contributed by atoms with Gasteiger partial charge in [-0.05, 0) is 18.2 Å². The largest absolute Gasteiger partial charge is 0.382 e. The summed E-state index contributed by atoms with van der Waals surface area (Å²) in [4.78, 5) is 11.5. The van der Waals surface area contributed by atoms with Crippen molar-refractivity contribution in [3.63, 3.8) is 0 Å². The number of aryl methyl sites for hydroxylation is 1. The second-order valence-electron chi connectivity index (χ2n) is 5.33. The van der Waals surface area contributed by atoms with Crippen LogP contribution in [0.1, 0.15) is 11.1 Å². The summed E-state index contributed by atoms with van der Waals surface area (Å²) in [5, 5.41) is -0.0709. The Morgan fingerprint density at radius 3 is 2.50 bits per heavy atom. The van der Waals surface area contributed by atoms with Gasteiger partial charge in [-0.1, -0.05) is 17.9 Å². The van der Waals surface area contributed by atoms with E-state index in [4.69, 9.17) is 11.5 Å². The van der Waals surface area contributed by atoms with Crippen LogP contribution in [0.15, 0.2) is 48.1 Å². The van der Waals surface area contributed by atoms with E-state index in [2.05, 4.69) is 31.5 Å². The van der Waals surface area contributed by atoms with Crippen LogP contribution in [0.3, 0.4) is 0 Å². The van der Waals surface area contributed by atoms with Crippen LogP contribution in [0.25, 0.3) is 0 Å². The Morgan fingerprint density at radius 2 is 1.85 bits per heavy atom. The average Bonchev–Trinajstić information content (AvgIpc) is 3.02. The number of anilines is 3.